The zero-order chi connectivity index (χ0) is 18.6. The van der Waals surface area contributed by atoms with Gasteiger partial charge in [-0.1, -0.05) is 6.07 Å². The second-order valence-corrected chi connectivity index (χ2v) is 7.16. The Labute approximate surface area is 159 Å². The maximum absolute atomic E-state index is 13.6. The van der Waals surface area contributed by atoms with Gasteiger partial charge in [-0.05, 0) is 36.2 Å². The van der Waals surface area contributed by atoms with E-state index in [1.165, 1.54) is 18.5 Å². The zero-order valence-corrected chi connectivity index (χ0v) is 15.1. The molecule has 0 radical (unpaired) electrons. The van der Waals surface area contributed by atoms with E-state index in [-0.39, 0.29) is 24.4 Å². The van der Waals surface area contributed by atoms with E-state index in [9.17, 15) is 9.18 Å². The van der Waals surface area contributed by atoms with Crippen LogP contribution in [0.5, 0.6) is 0 Å². The summed E-state index contributed by atoms with van der Waals surface area (Å²) in [7, 11) is 0. The molecule has 0 bridgehead atoms. The molecule has 3 heterocycles. The average Bonchev–Trinajstić information content (AvgIpc) is 3.22. The molecule has 138 valence electrons. The molecule has 7 nitrogen and oxygen atoms in total. The van der Waals surface area contributed by atoms with Gasteiger partial charge in [0.25, 0.3) is 0 Å². The van der Waals surface area contributed by atoms with Crippen LogP contribution in [-0.2, 0) is 6.54 Å². The Kier molecular flexibility index (Phi) is 5.01. The summed E-state index contributed by atoms with van der Waals surface area (Å²) in [5.74, 6) is 1.19. The highest BCUT2D eigenvalue weighted by atomic mass is 32.2. The summed E-state index contributed by atoms with van der Waals surface area (Å²) >= 11 is 1.68. The Hall–Kier alpha value is -2.94. The number of hydrogen-bond acceptors (Lipinski definition) is 5. The van der Waals surface area contributed by atoms with E-state index in [0.29, 0.717) is 5.82 Å². The fourth-order valence-corrected chi connectivity index (χ4v) is 4.10. The number of hydrogen-bond donors (Lipinski definition) is 2. The van der Waals surface area contributed by atoms with E-state index in [0.717, 1.165) is 28.2 Å². The molecular formula is C18H17FN6OS. The van der Waals surface area contributed by atoms with Gasteiger partial charge in [0.2, 0.25) is 0 Å². The fourth-order valence-electron chi connectivity index (χ4n) is 2.99. The molecule has 0 saturated heterocycles. The summed E-state index contributed by atoms with van der Waals surface area (Å²) in [5.41, 5.74) is 1.63. The Morgan fingerprint density at radius 2 is 2.30 bits per heavy atom. The highest BCUT2D eigenvalue weighted by Crippen LogP contribution is 2.36. The van der Waals surface area contributed by atoms with Crippen molar-refractivity contribution >= 4 is 17.8 Å². The number of carbonyl (C=O) groups is 1. The molecular weight excluding hydrogens is 367 g/mol. The second kappa shape index (κ2) is 7.75. The molecule has 1 aromatic carbocycles. The van der Waals surface area contributed by atoms with Crippen LogP contribution in [0.4, 0.5) is 9.18 Å². The Morgan fingerprint density at radius 1 is 1.37 bits per heavy atom. The second-order valence-electron chi connectivity index (χ2n) is 6.03. The normalized spacial score (nSPS) is 15.8. The number of rotatable bonds is 4. The predicted octanol–water partition coefficient (Wildman–Crippen LogP) is 2.84. The zero-order valence-electron chi connectivity index (χ0n) is 14.3. The fraction of sp³-hybridized carbons (Fsp3) is 0.222. The third-order valence-electron chi connectivity index (χ3n) is 4.26. The number of thioether (sulfide) groups is 1. The van der Waals surface area contributed by atoms with Crippen molar-refractivity contribution in [3.63, 3.8) is 0 Å². The van der Waals surface area contributed by atoms with Crippen LogP contribution in [0.2, 0.25) is 0 Å². The maximum Gasteiger partial charge on any atom is 0.315 e. The minimum absolute atomic E-state index is 0.208. The van der Waals surface area contributed by atoms with Crippen LogP contribution in [0.25, 0.3) is 5.82 Å². The predicted molar refractivity (Wildman–Crippen MR) is 99.0 cm³/mol. The quantitative estimate of drug-likeness (QED) is 0.723. The Balaban J connectivity index is 1.43. The van der Waals surface area contributed by atoms with Gasteiger partial charge in [-0.15, -0.1) is 11.8 Å². The number of halogens is 1. The van der Waals surface area contributed by atoms with Crippen molar-refractivity contribution in [2.75, 3.05) is 5.75 Å². The monoisotopic (exact) mass is 384 g/mol. The molecule has 1 atom stereocenters. The van der Waals surface area contributed by atoms with Crippen LogP contribution < -0.4 is 10.6 Å². The molecule has 4 rings (SSSR count). The lowest BCUT2D eigenvalue weighted by Gasteiger charge is -2.26. The number of benzene rings is 1. The van der Waals surface area contributed by atoms with Crippen molar-refractivity contribution < 1.29 is 9.18 Å². The van der Waals surface area contributed by atoms with Crippen molar-refractivity contribution in [3.05, 3.63) is 66.1 Å². The van der Waals surface area contributed by atoms with Crippen molar-refractivity contribution in [2.24, 2.45) is 0 Å². The smallest absolute Gasteiger partial charge is 0.315 e. The number of aromatic nitrogens is 4. The number of carbonyl (C=O) groups excluding carboxylic acids is 1. The van der Waals surface area contributed by atoms with Crippen LogP contribution in [-0.4, -0.2) is 31.5 Å². The SMILES string of the molecule is O=C(NCc1cccnc1-n1cncn1)NC1CCSc2ccc(F)cc21. The molecule has 0 fully saturated rings. The number of pyridine rings is 1. The molecule has 3 aromatic rings. The van der Waals surface area contributed by atoms with Crippen LogP contribution >= 0.6 is 11.8 Å². The molecule has 0 saturated carbocycles. The van der Waals surface area contributed by atoms with Gasteiger partial charge in [0.15, 0.2) is 5.82 Å². The molecule has 1 unspecified atom stereocenters. The molecule has 0 aliphatic carbocycles. The first-order valence-electron chi connectivity index (χ1n) is 8.46. The molecule has 2 amide bonds. The summed E-state index contributed by atoms with van der Waals surface area (Å²) in [6.07, 6.45) is 5.39. The van der Waals surface area contributed by atoms with Gasteiger partial charge in [-0.3, -0.25) is 0 Å². The van der Waals surface area contributed by atoms with Gasteiger partial charge in [0.1, 0.15) is 18.5 Å². The molecule has 1 aliphatic heterocycles. The van der Waals surface area contributed by atoms with E-state index in [2.05, 4.69) is 25.7 Å². The Bertz CT molecular complexity index is 949. The van der Waals surface area contributed by atoms with E-state index in [4.69, 9.17) is 0 Å². The molecule has 9 heteroatoms. The van der Waals surface area contributed by atoms with E-state index >= 15 is 0 Å². The Morgan fingerprint density at radius 3 is 3.15 bits per heavy atom. The minimum Gasteiger partial charge on any atom is -0.334 e. The summed E-state index contributed by atoms with van der Waals surface area (Å²) in [6, 6.07) is 7.86. The summed E-state index contributed by atoms with van der Waals surface area (Å²) in [5, 5.41) is 9.86. The van der Waals surface area contributed by atoms with Crippen LogP contribution in [0.15, 0.2) is 54.1 Å². The molecule has 1 aliphatic rings. The van der Waals surface area contributed by atoms with Gasteiger partial charge in [0, 0.05) is 29.0 Å². The number of nitrogens with one attached hydrogen (secondary N) is 2. The number of urea groups is 1. The highest BCUT2D eigenvalue weighted by molar-refractivity contribution is 7.99. The van der Waals surface area contributed by atoms with Crippen LogP contribution in [0.3, 0.4) is 0 Å². The summed E-state index contributed by atoms with van der Waals surface area (Å²) < 4.78 is 15.1. The van der Waals surface area contributed by atoms with E-state index in [1.807, 2.05) is 6.07 Å². The third kappa shape index (κ3) is 3.92. The largest absolute Gasteiger partial charge is 0.334 e. The lowest BCUT2D eigenvalue weighted by Crippen LogP contribution is -2.38. The minimum atomic E-state index is -0.310. The molecule has 27 heavy (non-hydrogen) atoms. The third-order valence-corrected chi connectivity index (χ3v) is 5.38. The molecule has 2 aromatic heterocycles. The van der Waals surface area contributed by atoms with Gasteiger partial charge >= 0.3 is 6.03 Å². The van der Waals surface area contributed by atoms with Crippen molar-refractivity contribution in [3.8, 4) is 5.82 Å². The molecule has 0 spiro atoms. The standard InChI is InChI=1S/C18H17FN6OS/c19-13-3-4-16-14(8-13)15(5-7-27-16)24-18(26)22-9-12-2-1-6-21-17(12)25-11-20-10-23-25/h1-4,6,8,10-11,15H,5,7,9H2,(H2,22,24,26). The number of amides is 2. The van der Waals surface area contributed by atoms with Crippen LogP contribution in [0.1, 0.15) is 23.6 Å². The summed E-state index contributed by atoms with van der Waals surface area (Å²) in [6.45, 7) is 0.284. The topological polar surface area (TPSA) is 84.7 Å². The van der Waals surface area contributed by atoms with Gasteiger partial charge in [0.05, 0.1) is 6.04 Å². The molecule has 2 N–H and O–H groups in total. The van der Waals surface area contributed by atoms with Gasteiger partial charge in [-0.25, -0.2) is 23.8 Å². The highest BCUT2D eigenvalue weighted by Gasteiger charge is 2.23. The lowest BCUT2D eigenvalue weighted by atomic mass is 10.0. The average molecular weight is 384 g/mol. The summed E-state index contributed by atoms with van der Waals surface area (Å²) in [4.78, 5) is 21.6. The van der Waals surface area contributed by atoms with Crippen molar-refractivity contribution in [1.82, 2.24) is 30.4 Å². The number of nitrogens with zero attached hydrogens (tertiary/aromatic N) is 4. The maximum atomic E-state index is 13.6. The van der Waals surface area contributed by atoms with Crippen molar-refractivity contribution in [1.29, 1.82) is 0 Å². The van der Waals surface area contributed by atoms with E-state index < -0.39 is 0 Å². The van der Waals surface area contributed by atoms with Crippen LogP contribution in [0, 0.1) is 5.82 Å². The first-order chi connectivity index (χ1) is 13.2. The first kappa shape index (κ1) is 17.5. The van der Waals surface area contributed by atoms with E-state index in [1.54, 1.807) is 41.1 Å². The first-order valence-corrected chi connectivity index (χ1v) is 9.45. The number of fused-ring (bicyclic) bond motifs is 1. The van der Waals surface area contributed by atoms with Gasteiger partial charge in [-0.2, -0.15) is 5.10 Å². The lowest BCUT2D eigenvalue weighted by molar-refractivity contribution is 0.236. The van der Waals surface area contributed by atoms with Crippen molar-refractivity contribution in [2.45, 2.75) is 23.9 Å². The van der Waals surface area contributed by atoms with Gasteiger partial charge < -0.3 is 10.6 Å².